The van der Waals surface area contributed by atoms with Gasteiger partial charge in [-0.15, -0.1) is 0 Å². The van der Waals surface area contributed by atoms with E-state index >= 15 is 0 Å². The van der Waals surface area contributed by atoms with Crippen LogP contribution in [0.3, 0.4) is 0 Å². The summed E-state index contributed by atoms with van der Waals surface area (Å²) in [4.78, 5) is 20.2. The molecule has 20 heavy (non-hydrogen) atoms. The normalized spacial score (nSPS) is 10.7. The van der Waals surface area contributed by atoms with Crippen LogP contribution >= 0.6 is 11.6 Å². The highest BCUT2D eigenvalue weighted by atomic mass is 35.5. The number of rotatable bonds is 6. The van der Waals surface area contributed by atoms with E-state index in [9.17, 15) is 4.79 Å². The first kappa shape index (κ1) is 14.0. The lowest BCUT2D eigenvalue weighted by Crippen LogP contribution is -2.26. The molecular formula is C12H12ClN5O2. The van der Waals surface area contributed by atoms with E-state index in [1.54, 1.807) is 12.1 Å². The molecule has 0 saturated carbocycles. The minimum atomic E-state index is -0.269. The maximum absolute atomic E-state index is 11.4. The highest BCUT2D eigenvalue weighted by molar-refractivity contribution is 6.30. The van der Waals surface area contributed by atoms with Crippen LogP contribution in [0.2, 0.25) is 5.02 Å². The molecule has 2 rings (SSSR count). The monoisotopic (exact) mass is 293 g/mol. The summed E-state index contributed by atoms with van der Waals surface area (Å²) in [7, 11) is 0. The molecule has 8 heteroatoms. The first-order chi connectivity index (χ1) is 9.74. The summed E-state index contributed by atoms with van der Waals surface area (Å²) in [6.45, 7) is 0.371. The van der Waals surface area contributed by atoms with Gasteiger partial charge in [-0.25, -0.2) is 9.67 Å². The molecule has 0 aliphatic rings. The molecule has 1 N–H and O–H groups in total. The standard InChI is InChI=1S/C12H12ClN5O2/c13-11-3-1-10(2-4-11)6-20-17-8-15-12(19)5-18-9-14-7-16-18/h1-4,7-9H,5-6H2,(H,15,17,19). The molecule has 0 radical (unpaired) electrons. The average Bonchev–Trinajstić information content (AvgIpc) is 2.93. The summed E-state index contributed by atoms with van der Waals surface area (Å²) < 4.78 is 1.40. The van der Waals surface area contributed by atoms with E-state index in [0.29, 0.717) is 11.6 Å². The van der Waals surface area contributed by atoms with Crippen molar-refractivity contribution < 1.29 is 9.63 Å². The number of benzene rings is 1. The van der Waals surface area contributed by atoms with E-state index < -0.39 is 0 Å². The summed E-state index contributed by atoms with van der Waals surface area (Å²) in [5, 5.41) is 10.5. The average molecular weight is 294 g/mol. The molecule has 0 unspecified atom stereocenters. The van der Waals surface area contributed by atoms with Gasteiger partial charge in [0, 0.05) is 5.02 Å². The highest BCUT2D eigenvalue weighted by Gasteiger charge is 2.00. The molecule has 0 aliphatic carbocycles. The topological polar surface area (TPSA) is 81.4 Å². The van der Waals surface area contributed by atoms with Gasteiger partial charge in [-0.1, -0.05) is 28.9 Å². The van der Waals surface area contributed by atoms with Crippen LogP contribution in [-0.4, -0.2) is 27.0 Å². The second-order valence-corrected chi connectivity index (χ2v) is 4.23. The van der Waals surface area contributed by atoms with Crippen molar-refractivity contribution in [3.05, 3.63) is 47.5 Å². The van der Waals surface area contributed by atoms with Crippen LogP contribution in [0.1, 0.15) is 5.56 Å². The number of nitrogens with one attached hydrogen (secondary N) is 1. The number of amides is 1. The van der Waals surface area contributed by atoms with Crippen molar-refractivity contribution in [3.8, 4) is 0 Å². The number of carbonyl (C=O) groups excluding carboxylic acids is 1. The molecule has 0 aliphatic heterocycles. The van der Waals surface area contributed by atoms with E-state index in [0.717, 1.165) is 5.56 Å². The minimum absolute atomic E-state index is 0.0726. The second kappa shape index (κ2) is 7.25. The molecule has 1 amide bonds. The van der Waals surface area contributed by atoms with Crippen molar-refractivity contribution in [3.63, 3.8) is 0 Å². The number of hydrogen-bond donors (Lipinski definition) is 1. The van der Waals surface area contributed by atoms with Gasteiger partial charge in [-0.3, -0.25) is 4.79 Å². The van der Waals surface area contributed by atoms with E-state index in [1.165, 1.54) is 23.7 Å². The van der Waals surface area contributed by atoms with Crippen molar-refractivity contribution in [2.24, 2.45) is 5.16 Å². The Labute approximate surface area is 120 Å². The van der Waals surface area contributed by atoms with Gasteiger partial charge in [0.05, 0.1) is 0 Å². The Bertz CT molecular complexity index is 568. The molecule has 0 atom stereocenters. The zero-order valence-electron chi connectivity index (χ0n) is 10.4. The van der Waals surface area contributed by atoms with Gasteiger partial charge < -0.3 is 10.2 Å². The lowest BCUT2D eigenvalue weighted by Gasteiger charge is -2.01. The Balaban J connectivity index is 1.66. The highest BCUT2D eigenvalue weighted by Crippen LogP contribution is 2.09. The third-order valence-corrected chi connectivity index (χ3v) is 2.52. The zero-order chi connectivity index (χ0) is 14.2. The summed E-state index contributed by atoms with van der Waals surface area (Å²) in [6, 6.07) is 7.20. The van der Waals surface area contributed by atoms with E-state index in [4.69, 9.17) is 16.4 Å². The Kier molecular flexibility index (Phi) is 5.08. The Hall–Kier alpha value is -2.41. The van der Waals surface area contributed by atoms with Crippen LogP contribution in [0.5, 0.6) is 0 Å². The predicted octanol–water partition coefficient (Wildman–Crippen LogP) is 1.21. The molecule has 0 saturated heterocycles. The maximum Gasteiger partial charge on any atom is 0.246 e. The minimum Gasteiger partial charge on any atom is -0.390 e. The summed E-state index contributed by atoms with van der Waals surface area (Å²) in [5.41, 5.74) is 0.931. The second-order valence-electron chi connectivity index (χ2n) is 3.79. The summed E-state index contributed by atoms with van der Waals surface area (Å²) in [6.07, 6.45) is 4.00. The van der Waals surface area contributed by atoms with Crippen molar-refractivity contribution in [1.82, 2.24) is 20.1 Å². The quantitative estimate of drug-likeness (QED) is 0.493. The summed E-state index contributed by atoms with van der Waals surface area (Å²) in [5.74, 6) is -0.269. The molecular weight excluding hydrogens is 282 g/mol. The smallest absolute Gasteiger partial charge is 0.246 e. The van der Waals surface area contributed by atoms with Gasteiger partial charge in [-0.2, -0.15) is 5.10 Å². The number of hydrogen-bond acceptors (Lipinski definition) is 5. The van der Waals surface area contributed by atoms with E-state index in [-0.39, 0.29) is 12.5 Å². The third-order valence-electron chi connectivity index (χ3n) is 2.27. The van der Waals surface area contributed by atoms with E-state index in [1.807, 2.05) is 12.1 Å². The van der Waals surface area contributed by atoms with Crippen LogP contribution in [0.4, 0.5) is 0 Å². The van der Waals surface area contributed by atoms with Crippen LogP contribution in [-0.2, 0) is 22.8 Å². The third kappa shape index (κ3) is 4.69. The number of aromatic nitrogens is 3. The molecule has 1 aromatic heterocycles. The Morgan fingerprint density at radius 3 is 2.95 bits per heavy atom. The van der Waals surface area contributed by atoms with Gasteiger partial charge in [0.1, 0.15) is 32.1 Å². The molecule has 1 aromatic carbocycles. The lowest BCUT2D eigenvalue weighted by atomic mass is 10.2. The molecule has 0 spiro atoms. The Morgan fingerprint density at radius 1 is 1.45 bits per heavy atom. The van der Waals surface area contributed by atoms with Gasteiger partial charge in [0.2, 0.25) is 5.91 Å². The number of oxime groups is 1. The van der Waals surface area contributed by atoms with Gasteiger partial charge in [0.15, 0.2) is 0 Å². The number of halogens is 1. The molecule has 0 fully saturated rings. The zero-order valence-corrected chi connectivity index (χ0v) is 11.2. The maximum atomic E-state index is 11.4. The van der Waals surface area contributed by atoms with Crippen molar-refractivity contribution in [1.29, 1.82) is 0 Å². The lowest BCUT2D eigenvalue weighted by molar-refractivity contribution is -0.120. The predicted molar refractivity (Wildman–Crippen MR) is 72.9 cm³/mol. The molecule has 1 heterocycles. The molecule has 7 nitrogen and oxygen atoms in total. The van der Waals surface area contributed by atoms with Crippen LogP contribution in [0.15, 0.2) is 42.1 Å². The summed E-state index contributed by atoms with van der Waals surface area (Å²) >= 11 is 5.76. The first-order valence-electron chi connectivity index (χ1n) is 5.74. The van der Waals surface area contributed by atoms with Crippen molar-refractivity contribution in [2.45, 2.75) is 13.2 Å². The number of nitrogens with zero attached hydrogens (tertiary/aromatic N) is 4. The van der Waals surface area contributed by atoms with E-state index in [2.05, 4.69) is 20.6 Å². The van der Waals surface area contributed by atoms with Crippen LogP contribution in [0, 0.1) is 0 Å². The fraction of sp³-hybridized carbons (Fsp3) is 0.167. The first-order valence-corrected chi connectivity index (χ1v) is 6.12. The van der Waals surface area contributed by atoms with Gasteiger partial charge >= 0.3 is 0 Å². The van der Waals surface area contributed by atoms with Crippen molar-refractivity contribution >= 4 is 23.8 Å². The van der Waals surface area contributed by atoms with Crippen molar-refractivity contribution in [2.75, 3.05) is 0 Å². The largest absolute Gasteiger partial charge is 0.390 e. The molecule has 104 valence electrons. The van der Waals surface area contributed by atoms with Crippen LogP contribution in [0.25, 0.3) is 0 Å². The molecule has 2 aromatic rings. The van der Waals surface area contributed by atoms with Crippen LogP contribution < -0.4 is 5.32 Å². The van der Waals surface area contributed by atoms with Gasteiger partial charge in [0.25, 0.3) is 0 Å². The number of carbonyl (C=O) groups is 1. The van der Waals surface area contributed by atoms with Gasteiger partial charge in [-0.05, 0) is 17.7 Å². The SMILES string of the molecule is O=C(Cn1cncn1)NC=NOCc1ccc(Cl)cc1. The fourth-order valence-corrected chi connectivity index (χ4v) is 1.46. The molecule has 0 bridgehead atoms. The fourth-order valence-electron chi connectivity index (χ4n) is 1.34. The Morgan fingerprint density at radius 2 is 2.25 bits per heavy atom.